The first-order valence-electron chi connectivity index (χ1n) is 6.27. The molecule has 2 rings (SSSR count). The Labute approximate surface area is 118 Å². The molecule has 0 aliphatic carbocycles. The molecule has 20 heavy (non-hydrogen) atoms. The van der Waals surface area contributed by atoms with Crippen molar-refractivity contribution >= 4 is 10.0 Å². The Balaban J connectivity index is 2.28. The van der Waals surface area contributed by atoms with Crippen molar-refractivity contribution in [2.75, 3.05) is 32.9 Å². The van der Waals surface area contributed by atoms with Gasteiger partial charge in [-0.3, -0.25) is 4.98 Å². The summed E-state index contributed by atoms with van der Waals surface area (Å²) in [5.74, 6) is 5.12. The molecule has 2 heterocycles. The second-order valence-corrected chi connectivity index (χ2v) is 6.18. The van der Waals surface area contributed by atoms with Gasteiger partial charge in [0.1, 0.15) is 11.5 Å². The molecule has 0 saturated carbocycles. The lowest BCUT2D eigenvalue weighted by atomic mass is 10.3. The maximum atomic E-state index is 12.5. The summed E-state index contributed by atoms with van der Waals surface area (Å²) in [7, 11) is -3.57. The van der Waals surface area contributed by atoms with Gasteiger partial charge in [0.05, 0.1) is 6.61 Å². The number of aliphatic hydroxyl groups is 1. The van der Waals surface area contributed by atoms with Crippen LogP contribution in [0, 0.1) is 11.8 Å². The Morgan fingerprint density at radius 3 is 3.00 bits per heavy atom. The molecule has 1 aromatic heterocycles. The number of aromatic nitrogens is 1. The van der Waals surface area contributed by atoms with Crippen molar-refractivity contribution in [3.63, 3.8) is 0 Å². The average Bonchev–Trinajstić information content (AvgIpc) is 2.75. The highest BCUT2D eigenvalue weighted by Crippen LogP contribution is 2.17. The number of hydrogen-bond donors (Lipinski definition) is 1. The van der Waals surface area contributed by atoms with Crippen molar-refractivity contribution in [1.82, 2.24) is 9.29 Å². The van der Waals surface area contributed by atoms with Crippen LogP contribution < -0.4 is 0 Å². The molecule has 0 amide bonds. The second-order valence-electron chi connectivity index (χ2n) is 4.24. The highest BCUT2D eigenvalue weighted by Gasteiger charge is 2.25. The Morgan fingerprint density at radius 2 is 2.20 bits per heavy atom. The Hall–Kier alpha value is -1.46. The SMILES string of the molecule is O=S(=O)(c1cncc(C#CCO)c1)N1CCCOCC1. The number of pyridine rings is 1. The van der Waals surface area contributed by atoms with Crippen LogP contribution in [0.5, 0.6) is 0 Å². The van der Waals surface area contributed by atoms with Gasteiger partial charge in [-0.2, -0.15) is 4.31 Å². The van der Waals surface area contributed by atoms with Crippen LogP contribution in [0.25, 0.3) is 0 Å². The predicted molar refractivity (Wildman–Crippen MR) is 72.4 cm³/mol. The lowest BCUT2D eigenvalue weighted by molar-refractivity contribution is 0.148. The Morgan fingerprint density at radius 1 is 1.35 bits per heavy atom. The lowest BCUT2D eigenvalue weighted by Gasteiger charge is -2.19. The third kappa shape index (κ3) is 3.55. The summed E-state index contributed by atoms with van der Waals surface area (Å²) in [4.78, 5) is 4.02. The number of sulfonamides is 1. The van der Waals surface area contributed by atoms with Gasteiger partial charge in [0, 0.05) is 37.7 Å². The molecular weight excluding hydrogens is 280 g/mol. The van der Waals surface area contributed by atoms with E-state index in [1.165, 1.54) is 22.8 Å². The van der Waals surface area contributed by atoms with Gasteiger partial charge >= 0.3 is 0 Å². The molecule has 108 valence electrons. The first kappa shape index (κ1) is 14.9. The maximum absolute atomic E-state index is 12.5. The van der Waals surface area contributed by atoms with E-state index in [4.69, 9.17) is 9.84 Å². The van der Waals surface area contributed by atoms with Crippen molar-refractivity contribution in [2.24, 2.45) is 0 Å². The van der Waals surface area contributed by atoms with Gasteiger partial charge in [-0.1, -0.05) is 11.8 Å². The molecule has 1 fully saturated rings. The molecule has 6 nitrogen and oxygen atoms in total. The van der Waals surface area contributed by atoms with Crippen LogP contribution >= 0.6 is 0 Å². The highest BCUT2D eigenvalue weighted by molar-refractivity contribution is 7.89. The van der Waals surface area contributed by atoms with E-state index in [0.717, 1.165) is 0 Å². The van der Waals surface area contributed by atoms with Gasteiger partial charge in [0.15, 0.2) is 0 Å². The van der Waals surface area contributed by atoms with E-state index in [-0.39, 0.29) is 11.5 Å². The highest BCUT2D eigenvalue weighted by atomic mass is 32.2. The molecule has 1 aliphatic rings. The molecule has 1 saturated heterocycles. The van der Waals surface area contributed by atoms with Crippen LogP contribution in [0.4, 0.5) is 0 Å². The van der Waals surface area contributed by atoms with Crippen molar-refractivity contribution in [3.05, 3.63) is 24.0 Å². The van der Waals surface area contributed by atoms with E-state index < -0.39 is 10.0 Å². The first-order chi connectivity index (χ1) is 9.64. The van der Waals surface area contributed by atoms with Gasteiger partial charge in [0.25, 0.3) is 0 Å². The Bertz CT molecular complexity index is 611. The largest absolute Gasteiger partial charge is 0.384 e. The van der Waals surface area contributed by atoms with Gasteiger partial charge in [-0.05, 0) is 12.5 Å². The molecule has 0 spiro atoms. The quantitative estimate of drug-likeness (QED) is 0.767. The van der Waals surface area contributed by atoms with Gasteiger partial charge < -0.3 is 9.84 Å². The number of hydrogen-bond acceptors (Lipinski definition) is 5. The maximum Gasteiger partial charge on any atom is 0.244 e. The monoisotopic (exact) mass is 296 g/mol. The number of rotatable bonds is 2. The summed E-state index contributed by atoms with van der Waals surface area (Å²) >= 11 is 0. The predicted octanol–water partition coefficient (Wildman–Crippen LogP) is -0.164. The molecule has 7 heteroatoms. The van der Waals surface area contributed by atoms with Crippen molar-refractivity contribution in [1.29, 1.82) is 0 Å². The molecule has 0 aromatic carbocycles. The minimum absolute atomic E-state index is 0.115. The van der Waals surface area contributed by atoms with Crippen LogP contribution in [0.15, 0.2) is 23.4 Å². The smallest absolute Gasteiger partial charge is 0.244 e. The average molecular weight is 296 g/mol. The lowest BCUT2D eigenvalue weighted by Crippen LogP contribution is -2.33. The summed E-state index contributed by atoms with van der Waals surface area (Å²) in [5.41, 5.74) is 0.464. The van der Waals surface area contributed by atoms with Gasteiger partial charge in [-0.15, -0.1) is 0 Å². The van der Waals surface area contributed by atoms with E-state index >= 15 is 0 Å². The van der Waals surface area contributed by atoms with Crippen molar-refractivity contribution in [2.45, 2.75) is 11.3 Å². The van der Waals surface area contributed by atoms with Crippen molar-refractivity contribution < 1.29 is 18.3 Å². The number of nitrogens with zero attached hydrogens (tertiary/aromatic N) is 2. The van der Waals surface area contributed by atoms with Gasteiger partial charge in [-0.25, -0.2) is 8.42 Å². The number of aliphatic hydroxyl groups excluding tert-OH is 1. The number of ether oxygens (including phenoxy) is 1. The van der Waals surface area contributed by atoms with E-state index in [9.17, 15) is 8.42 Å². The third-order valence-corrected chi connectivity index (χ3v) is 4.71. The zero-order valence-corrected chi connectivity index (χ0v) is 11.8. The van der Waals surface area contributed by atoms with E-state index in [1.807, 2.05) is 0 Å². The van der Waals surface area contributed by atoms with E-state index in [1.54, 1.807) is 0 Å². The second kappa shape index (κ2) is 6.81. The fraction of sp³-hybridized carbons (Fsp3) is 0.462. The van der Waals surface area contributed by atoms with E-state index in [2.05, 4.69) is 16.8 Å². The normalized spacial score (nSPS) is 17.1. The molecule has 0 bridgehead atoms. The van der Waals surface area contributed by atoms with Crippen LogP contribution in [0.2, 0.25) is 0 Å². The summed E-state index contributed by atoms with van der Waals surface area (Å²) < 4.78 is 31.7. The fourth-order valence-corrected chi connectivity index (χ4v) is 3.33. The Kier molecular flexibility index (Phi) is 5.09. The zero-order valence-electron chi connectivity index (χ0n) is 10.9. The van der Waals surface area contributed by atoms with E-state index in [0.29, 0.717) is 38.3 Å². The molecule has 0 radical (unpaired) electrons. The zero-order chi connectivity index (χ0) is 14.4. The summed E-state index contributed by atoms with van der Waals surface area (Å²) in [5, 5.41) is 8.66. The molecule has 0 unspecified atom stereocenters. The van der Waals surface area contributed by atoms with Crippen molar-refractivity contribution in [3.8, 4) is 11.8 Å². The fourth-order valence-electron chi connectivity index (χ4n) is 1.88. The van der Waals surface area contributed by atoms with Crippen LogP contribution in [0.3, 0.4) is 0 Å². The minimum atomic E-state index is -3.57. The first-order valence-corrected chi connectivity index (χ1v) is 7.71. The van der Waals surface area contributed by atoms with Crippen LogP contribution in [-0.4, -0.2) is 55.7 Å². The molecule has 1 aromatic rings. The minimum Gasteiger partial charge on any atom is -0.384 e. The molecule has 1 aliphatic heterocycles. The molecule has 1 N–H and O–H groups in total. The third-order valence-electron chi connectivity index (χ3n) is 2.84. The summed E-state index contributed by atoms with van der Waals surface area (Å²) in [6.07, 6.45) is 3.45. The standard InChI is InChI=1S/C13H16N2O4S/c16-6-1-3-12-9-13(11-14-10-12)20(17,18)15-4-2-7-19-8-5-15/h9-11,16H,2,4-8H2. The molecule has 0 atom stereocenters. The molecular formula is C13H16N2O4S. The van der Waals surface area contributed by atoms with Crippen LogP contribution in [0.1, 0.15) is 12.0 Å². The topological polar surface area (TPSA) is 79.7 Å². The van der Waals surface area contributed by atoms with Gasteiger partial charge in [0.2, 0.25) is 10.0 Å². The summed E-state index contributed by atoms with van der Waals surface area (Å²) in [6.45, 7) is 1.48. The van der Waals surface area contributed by atoms with Crippen LogP contribution in [-0.2, 0) is 14.8 Å². The summed E-state index contributed by atoms with van der Waals surface area (Å²) in [6, 6.07) is 1.47.